The van der Waals surface area contributed by atoms with Gasteiger partial charge in [0.05, 0.1) is 5.52 Å². The minimum absolute atomic E-state index is 0.742. The van der Waals surface area contributed by atoms with Crippen molar-refractivity contribution >= 4 is 122 Å². The quantitative estimate of drug-likeness (QED) is 0.162. The first kappa shape index (κ1) is 38.0. The van der Waals surface area contributed by atoms with Crippen LogP contribution in [-0.2, 0) is 0 Å². The third-order valence-corrected chi connectivity index (χ3v) is 15.0. The lowest BCUT2D eigenvalue weighted by atomic mass is 9.58. The zero-order valence-corrected chi connectivity index (χ0v) is 37.4. The van der Waals surface area contributed by atoms with Crippen molar-refractivity contribution in [3.63, 3.8) is 0 Å². The van der Waals surface area contributed by atoms with Gasteiger partial charge in [0.15, 0.2) is 7.28 Å². The molecule has 0 saturated heterocycles. The van der Waals surface area contributed by atoms with E-state index in [0.717, 1.165) is 63.2 Å². The van der Waals surface area contributed by atoms with Crippen molar-refractivity contribution in [2.24, 2.45) is 0 Å². The number of fused-ring (bicyclic) bond motifs is 11. The predicted molar refractivity (Wildman–Crippen MR) is 287 cm³/mol. The number of thiophene rings is 1. The van der Waals surface area contributed by atoms with Gasteiger partial charge in [0, 0.05) is 86.9 Å². The third-order valence-electron chi connectivity index (χ3n) is 13.8. The highest BCUT2D eigenvalue weighted by Gasteiger charge is 2.30. The number of hydrogen-bond donors (Lipinski definition) is 1. The standard InChI is InChI=1S/C61H40BN3OS/c1-37-24-27-39(28-25-37)63-52-33-42(64(40-14-4-2-5-15-40)41-16-6-3-7-17-41)29-31-43(52)50-34-48(38-26-30-46-45-19-10-13-23-57(45)67-58(46)32-38)59-47-20-8-11-21-53(47)65-54-35-49-44-18-9-12-22-55(44)66-56(49)36-51(54)62-60(50)61(59)65/h2-36,62-63H,1H3. The summed E-state index contributed by atoms with van der Waals surface area (Å²) in [5, 5.41) is 11.4. The van der Waals surface area contributed by atoms with Crippen molar-refractivity contribution < 1.29 is 4.42 Å². The second-order valence-electron chi connectivity index (χ2n) is 17.8. The lowest BCUT2D eigenvalue weighted by molar-refractivity contribution is 0.669. The highest BCUT2D eigenvalue weighted by molar-refractivity contribution is 7.25. The molecule has 0 fully saturated rings. The molecule has 1 aliphatic heterocycles. The molecule has 0 atom stereocenters. The zero-order chi connectivity index (χ0) is 44.2. The fourth-order valence-corrected chi connectivity index (χ4v) is 11.9. The number of nitrogens with zero attached hydrogens (tertiary/aromatic N) is 2. The second kappa shape index (κ2) is 14.9. The van der Waals surface area contributed by atoms with E-state index in [1.807, 2.05) is 11.3 Å². The summed E-state index contributed by atoms with van der Waals surface area (Å²) >= 11 is 1.87. The molecular weight excluding hydrogens is 834 g/mol. The van der Waals surface area contributed by atoms with Crippen molar-refractivity contribution in [2.45, 2.75) is 6.92 Å². The lowest BCUT2D eigenvalue weighted by Crippen LogP contribution is -2.37. The second-order valence-corrected chi connectivity index (χ2v) is 18.9. The molecule has 3 aromatic heterocycles. The van der Waals surface area contributed by atoms with Gasteiger partial charge in [-0.25, -0.2) is 0 Å². The molecule has 4 heterocycles. The van der Waals surface area contributed by atoms with Crippen molar-refractivity contribution in [3.05, 3.63) is 218 Å². The number of nitrogens with one attached hydrogen (secondary N) is 1. The summed E-state index contributed by atoms with van der Waals surface area (Å²) in [7, 11) is 0.742. The summed E-state index contributed by atoms with van der Waals surface area (Å²) < 4.78 is 11.7. The first-order chi connectivity index (χ1) is 33.1. The van der Waals surface area contributed by atoms with Crippen molar-refractivity contribution in [2.75, 3.05) is 10.2 Å². The largest absolute Gasteiger partial charge is 0.456 e. The number of hydrogen-bond acceptors (Lipinski definition) is 4. The number of benzene rings is 10. The minimum atomic E-state index is 0.742. The van der Waals surface area contributed by atoms with E-state index in [1.54, 1.807) is 0 Å². The first-order valence-corrected chi connectivity index (χ1v) is 23.8. The molecule has 10 aromatic carbocycles. The maximum atomic E-state index is 6.58. The van der Waals surface area contributed by atoms with E-state index in [1.165, 1.54) is 80.8 Å². The number of aryl methyl sites for hydroxylation is 1. The van der Waals surface area contributed by atoms with Crippen molar-refractivity contribution in [3.8, 4) is 27.9 Å². The molecule has 1 aliphatic rings. The van der Waals surface area contributed by atoms with E-state index in [4.69, 9.17) is 4.42 Å². The van der Waals surface area contributed by atoms with Gasteiger partial charge in [-0.05, 0) is 120 Å². The van der Waals surface area contributed by atoms with Crippen LogP contribution < -0.4 is 21.1 Å². The number of furan rings is 1. The molecule has 0 radical (unpaired) electrons. The van der Waals surface area contributed by atoms with Gasteiger partial charge in [-0.2, -0.15) is 0 Å². The fraction of sp³-hybridized carbons (Fsp3) is 0.0164. The molecule has 0 amide bonds. The molecule has 0 bridgehead atoms. The van der Waals surface area contributed by atoms with Crippen LogP contribution >= 0.6 is 11.3 Å². The van der Waals surface area contributed by atoms with Crippen molar-refractivity contribution in [1.82, 2.24) is 4.57 Å². The molecule has 6 heteroatoms. The van der Waals surface area contributed by atoms with Crippen LogP contribution in [0.15, 0.2) is 217 Å². The van der Waals surface area contributed by atoms with E-state index in [0.29, 0.717) is 0 Å². The monoisotopic (exact) mass is 873 g/mol. The SMILES string of the molecule is Cc1ccc(Nc2cc(N(c3ccccc3)c3ccccc3)ccc2-c2cc(-c3ccc4c(c3)sc3ccccc34)c3c4ccccc4n4c3c2Bc2cc3oc5ccccc5c3cc2-4)cc1. The molecular formula is C61H40BN3OS. The smallest absolute Gasteiger partial charge is 0.198 e. The molecule has 67 heavy (non-hydrogen) atoms. The van der Waals surface area contributed by atoms with Gasteiger partial charge in [0.25, 0.3) is 0 Å². The Kier molecular flexibility index (Phi) is 8.43. The zero-order valence-electron chi connectivity index (χ0n) is 36.6. The van der Waals surface area contributed by atoms with Gasteiger partial charge in [-0.3, -0.25) is 0 Å². The van der Waals surface area contributed by atoms with Gasteiger partial charge >= 0.3 is 0 Å². The average molecular weight is 874 g/mol. The Morgan fingerprint density at radius 3 is 2.01 bits per heavy atom. The molecule has 4 nitrogen and oxygen atoms in total. The summed E-state index contributed by atoms with van der Waals surface area (Å²) in [5.41, 5.74) is 19.3. The predicted octanol–water partition coefficient (Wildman–Crippen LogP) is 15.6. The molecule has 0 saturated carbocycles. The molecule has 1 N–H and O–H groups in total. The van der Waals surface area contributed by atoms with E-state index in [-0.39, 0.29) is 0 Å². The highest BCUT2D eigenvalue weighted by atomic mass is 32.1. The normalized spacial score (nSPS) is 12.1. The van der Waals surface area contributed by atoms with Crippen LogP contribution in [0.4, 0.5) is 28.4 Å². The van der Waals surface area contributed by atoms with Gasteiger partial charge in [-0.15, -0.1) is 11.3 Å². The minimum Gasteiger partial charge on any atom is -0.456 e. The van der Waals surface area contributed by atoms with Crippen LogP contribution in [0.25, 0.3) is 91.9 Å². The Balaban J connectivity index is 1.08. The summed E-state index contributed by atoms with van der Waals surface area (Å²) in [6.07, 6.45) is 0. The van der Waals surface area contributed by atoms with E-state index < -0.39 is 0 Å². The Hall–Kier alpha value is -8.32. The van der Waals surface area contributed by atoms with Crippen LogP contribution in [0.2, 0.25) is 0 Å². The number of para-hydroxylation sites is 4. The van der Waals surface area contributed by atoms with Gasteiger partial charge < -0.3 is 19.2 Å². The van der Waals surface area contributed by atoms with E-state index in [9.17, 15) is 0 Å². The van der Waals surface area contributed by atoms with Gasteiger partial charge in [-0.1, -0.05) is 132 Å². The summed E-state index contributed by atoms with van der Waals surface area (Å²) in [6.45, 7) is 2.14. The van der Waals surface area contributed by atoms with E-state index in [2.05, 4.69) is 234 Å². The van der Waals surface area contributed by atoms with Gasteiger partial charge in [0.2, 0.25) is 0 Å². The summed E-state index contributed by atoms with van der Waals surface area (Å²) in [4.78, 5) is 2.34. The Labute approximate surface area is 391 Å². The van der Waals surface area contributed by atoms with Crippen LogP contribution in [0.3, 0.4) is 0 Å². The Bertz CT molecular complexity index is 4070. The van der Waals surface area contributed by atoms with Crippen LogP contribution in [0, 0.1) is 6.92 Å². The van der Waals surface area contributed by atoms with Crippen LogP contribution in [0.1, 0.15) is 5.56 Å². The molecule has 314 valence electrons. The molecule has 0 aliphatic carbocycles. The maximum absolute atomic E-state index is 6.58. The number of rotatable bonds is 7. The fourth-order valence-electron chi connectivity index (χ4n) is 10.8. The van der Waals surface area contributed by atoms with Crippen LogP contribution in [-0.4, -0.2) is 11.8 Å². The van der Waals surface area contributed by atoms with Crippen molar-refractivity contribution in [1.29, 1.82) is 0 Å². The lowest BCUT2D eigenvalue weighted by Gasteiger charge is -2.28. The Morgan fingerprint density at radius 1 is 0.507 bits per heavy atom. The molecule has 14 rings (SSSR count). The van der Waals surface area contributed by atoms with Gasteiger partial charge in [0.1, 0.15) is 11.2 Å². The Morgan fingerprint density at radius 2 is 1.21 bits per heavy atom. The third kappa shape index (κ3) is 6.00. The molecule has 13 aromatic rings. The summed E-state index contributed by atoms with van der Waals surface area (Å²) in [6, 6.07) is 77.5. The number of aromatic nitrogens is 1. The maximum Gasteiger partial charge on any atom is 0.198 e. The van der Waals surface area contributed by atoms with E-state index >= 15 is 0 Å². The number of anilines is 5. The van der Waals surface area contributed by atoms with Crippen LogP contribution in [0.5, 0.6) is 0 Å². The average Bonchev–Trinajstić information content (AvgIpc) is 4.05. The summed E-state index contributed by atoms with van der Waals surface area (Å²) in [5.74, 6) is 0. The molecule has 0 unspecified atom stereocenters. The topological polar surface area (TPSA) is 33.3 Å². The highest BCUT2D eigenvalue weighted by Crippen LogP contribution is 2.47. The molecule has 0 spiro atoms. The first-order valence-electron chi connectivity index (χ1n) is 22.9.